The third-order valence-electron chi connectivity index (χ3n) is 12.8. The van der Waals surface area contributed by atoms with Crippen molar-refractivity contribution in [1.29, 1.82) is 0 Å². The molecule has 9 aromatic carbocycles. The lowest BCUT2D eigenvalue weighted by atomic mass is 10.0. The normalized spacial score (nSPS) is 11.5. The predicted molar refractivity (Wildman–Crippen MR) is 277 cm³/mol. The first-order valence-electron chi connectivity index (χ1n) is 22.7. The van der Waals surface area contributed by atoms with E-state index >= 15 is 0 Å². The molecule has 0 radical (unpaired) electrons. The average molecular weight is 870 g/mol. The lowest BCUT2D eigenvalue weighted by Crippen LogP contribution is -2.06. The molecule has 4 heterocycles. The van der Waals surface area contributed by atoms with Crippen molar-refractivity contribution in [1.82, 2.24) is 34.1 Å². The second-order valence-electron chi connectivity index (χ2n) is 16.9. The minimum Gasteiger partial charge on any atom is -0.309 e. The van der Waals surface area contributed by atoms with Gasteiger partial charge in [0, 0.05) is 55.0 Å². The Balaban J connectivity index is 0.964. The fraction of sp³-hybridized carbons (Fsp3) is 0. The van der Waals surface area contributed by atoms with Gasteiger partial charge in [-0.15, -0.1) is 0 Å². The van der Waals surface area contributed by atoms with Gasteiger partial charge in [0.25, 0.3) is 0 Å². The van der Waals surface area contributed by atoms with E-state index in [-0.39, 0.29) is 0 Å². The van der Waals surface area contributed by atoms with Crippen molar-refractivity contribution in [2.45, 2.75) is 0 Å². The van der Waals surface area contributed by atoms with Gasteiger partial charge in [-0.1, -0.05) is 188 Å². The summed E-state index contributed by atoms with van der Waals surface area (Å²) in [6, 6.07) is 82.2. The summed E-state index contributed by atoms with van der Waals surface area (Å²) in [5.41, 5.74) is 14.2. The van der Waals surface area contributed by atoms with E-state index in [9.17, 15) is 0 Å². The molecule has 0 saturated heterocycles. The van der Waals surface area contributed by atoms with Crippen molar-refractivity contribution in [3.05, 3.63) is 237 Å². The van der Waals surface area contributed by atoms with Gasteiger partial charge >= 0.3 is 0 Å². The summed E-state index contributed by atoms with van der Waals surface area (Å²) in [4.78, 5) is 25.7. The molecule has 7 nitrogen and oxygen atoms in total. The lowest BCUT2D eigenvalue weighted by Gasteiger charge is -2.12. The van der Waals surface area contributed by atoms with E-state index in [1.807, 2.05) is 84.9 Å². The van der Waals surface area contributed by atoms with Crippen molar-refractivity contribution >= 4 is 43.6 Å². The second kappa shape index (κ2) is 16.3. The third kappa shape index (κ3) is 6.80. The van der Waals surface area contributed by atoms with Crippen molar-refractivity contribution in [2.24, 2.45) is 0 Å². The molecule has 0 aliphatic heterocycles. The van der Waals surface area contributed by atoms with E-state index < -0.39 is 0 Å². The van der Waals surface area contributed by atoms with Crippen LogP contribution in [0.5, 0.6) is 0 Å². The van der Waals surface area contributed by atoms with Crippen LogP contribution in [0.3, 0.4) is 0 Å². The van der Waals surface area contributed by atoms with E-state index in [2.05, 4.69) is 161 Å². The van der Waals surface area contributed by atoms with Gasteiger partial charge in [0.05, 0.1) is 33.5 Å². The van der Waals surface area contributed by atoms with E-state index in [1.165, 1.54) is 0 Å². The van der Waals surface area contributed by atoms with Crippen LogP contribution in [-0.4, -0.2) is 34.1 Å². The standard InChI is InChI=1S/C61H39N7/c1-5-18-40(19-6-1)45-26-17-27-46(36-45)53-39-52(62-58(63-53)42-20-7-2-8-21-42)41-32-34-47(35-33-41)67-54-30-15-13-28-48(54)50-38-57-51(37-56(50)67)49-29-14-16-31-55(49)68(57)61-65-59(43-22-9-3-10-23-43)64-60(66-61)44-24-11-4-12-25-44/h1-39H. The summed E-state index contributed by atoms with van der Waals surface area (Å²) in [5, 5.41) is 4.51. The van der Waals surface area contributed by atoms with Crippen LogP contribution in [0.25, 0.3) is 123 Å². The molecule has 0 amide bonds. The molecule has 0 bridgehead atoms. The van der Waals surface area contributed by atoms with Crippen LogP contribution in [-0.2, 0) is 0 Å². The molecule has 13 aromatic rings. The molecule has 7 heteroatoms. The summed E-state index contributed by atoms with van der Waals surface area (Å²) in [5.74, 6) is 2.49. The smallest absolute Gasteiger partial charge is 0.238 e. The maximum absolute atomic E-state index is 5.19. The Hall–Kier alpha value is -9.33. The lowest BCUT2D eigenvalue weighted by molar-refractivity contribution is 0.954. The van der Waals surface area contributed by atoms with Gasteiger partial charge in [0.2, 0.25) is 5.95 Å². The van der Waals surface area contributed by atoms with Gasteiger partial charge in [-0.2, -0.15) is 9.97 Å². The van der Waals surface area contributed by atoms with Crippen LogP contribution in [0.15, 0.2) is 237 Å². The molecule has 0 fully saturated rings. The fourth-order valence-corrected chi connectivity index (χ4v) is 9.55. The molecule has 0 spiro atoms. The highest BCUT2D eigenvalue weighted by atomic mass is 15.2. The first-order chi connectivity index (χ1) is 33.7. The number of aromatic nitrogens is 7. The largest absolute Gasteiger partial charge is 0.309 e. The first kappa shape index (κ1) is 39.1. The van der Waals surface area contributed by atoms with E-state index in [0.717, 1.165) is 99.6 Å². The second-order valence-corrected chi connectivity index (χ2v) is 16.9. The fourth-order valence-electron chi connectivity index (χ4n) is 9.55. The van der Waals surface area contributed by atoms with Gasteiger partial charge in [-0.05, 0) is 59.7 Å². The molecule has 13 rings (SSSR count). The van der Waals surface area contributed by atoms with Gasteiger partial charge in [-0.3, -0.25) is 4.57 Å². The zero-order chi connectivity index (χ0) is 45.0. The van der Waals surface area contributed by atoms with Crippen LogP contribution in [0, 0.1) is 0 Å². The molecule has 0 atom stereocenters. The summed E-state index contributed by atoms with van der Waals surface area (Å²) in [6.45, 7) is 0. The molecular weight excluding hydrogens is 831 g/mol. The summed E-state index contributed by atoms with van der Waals surface area (Å²) in [7, 11) is 0. The van der Waals surface area contributed by atoms with E-state index in [1.54, 1.807) is 0 Å². The van der Waals surface area contributed by atoms with Gasteiger partial charge in [0.15, 0.2) is 17.5 Å². The highest BCUT2D eigenvalue weighted by molar-refractivity contribution is 6.19. The average Bonchev–Trinajstić information content (AvgIpc) is 3.93. The summed E-state index contributed by atoms with van der Waals surface area (Å²) in [6.07, 6.45) is 0. The summed E-state index contributed by atoms with van der Waals surface area (Å²) < 4.78 is 4.57. The molecule has 0 saturated carbocycles. The number of hydrogen-bond donors (Lipinski definition) is 0. The minimum absolute atomic E-state index is 0.565. The van der Waals surface area contributed by atoms with Crippen LogP contribution in [0.4, 0.5) is 0 Å². The van der Waals surface area contributed by atoms with Crippen molar-refractivity contribution in [3.8, 4) is 79.4 Å². The van der Waals surface area contributed by atoms with E-state index in [4.69, 9.17) is 24.9 Å². The quantitative estimate of drug-likeness (QED) is 0.152. The molecule has 0 N–H and O–H groups in total. The van der Waals surface area contributed by atoms with Gasteiger partial charge in [-0.25, -0.2) is 15.0 Å². The minimum atomic E-state index is 0.565. The van der Waals surface area contributed by atoms with Crippen molar-refractivity contribution in [3.63, 3.8) is 0 Å². The van der Waals surface area contributed by atoms with Crippen LogP contribution in [0.2, 0.25) is 0 Å². The topological polar surface area (TPSA) is 74.3 Å². The maximum atomic E-state index is 5.19. The maximum Gasteiger partial charge on any atom is 0.238 e. The SMILES string of the molecule is c1ccc(-c2cccc(-c3cc(-c4ccc(-n5c6ccccc6c6cc7c(cc65)c5ccccc5n7-c5nc(-c6ccccc6)nc(-c6ccccc6)n5)cc4)nc(-c4ccccc4)n3)c2)cc1. The molecule has 0 aliphatic carbocycles. The Labute approximate surface area is 392 Å². The molecule has 0 unspecified atom stereocenters. The predicted octanol–water partition coefficient (Wildman–Crippen LogP) is 14.9. The van der Waals surface area contributed by atoms with E-state index in [0.29, 0.717) is 23.4 Å². The Morgan fingerprint density at radius 3 is 1.22 bits per heavy atom. The number of fused-ring (bicyclic) bond motifs is 6. The number of nitrogens with zero attached hydrogens (tertiary/aromatic N) is 7. The van der Waals surface area contributed by atoms with Gasteiger partial charge in [0.1, 0.15) is 0 Å². The zero-order valence-electron chi connectivity index (χ0n) is 36.6. The van der Waals surface area contributed by atoms with Crippen LogP contribution < -0.4 is 0 Å². The first-order valence-corrected chi connectivity index (χ1v) is 22.7. The zero-order valence-corrected chi connectivity index (χ0v) is 36.6. The van der Waals surface area contributed by atoms with Crippen LogP contribution >= 0.6 is 0 Å². The molecular formula is C61H39N7. The number of benzene rings is 9. The van der Waals surface area contributed by atoms with Crippen molar-refractivity contribution in [2.75, 3.05) is 0 Å². The highest BCUT2D eigenvalue weighted by Crippen LogP contribution is 2.40. The Kier molecular flexibility index (Phi) is 9.35. The molecule has 318 valence electrons. The monoisotopic (exact) mass is 869 g/mol. The van der Waals surface area contributed by atoms with Crippen LogP contribution in [0.1, 0.15) is 0 Å². The molecule has 68 heavy (non-hydrogen) atoms. The van der Waals surface area contributed by atoms with Gasteiger partial charge < -0.3 is 4.57 Å². The Morgan fingerprint density at radius 2 is 0.662 bits per heavy atom. The molecule has 0 aliphatic rings. The third-order valence-corrected chi connectivity index (χ3v) is 12.8. The molecule has 4 aromatic heterocycles. The summed E-state index contributed by atoms with van der Waals surface area (Å²) >= 11 is 0. The Morgan fingerprint density at radius 1 is 0.235 bits per heavy atom. The van der Waals surface area contributed by atoms with Crippen molar-refractivity contribution < 1.29 is 0 Å². The number of para-hydroxylation sites is 2. The Bertz CT molecular complexity index is 3940. The number of hydrogen-bond acceptors (Lipinski definition) is 5. The highest BCUT2D eigenvalue weighted by Gasteiger charge is 2.21. The number of rotatable bonds is 8.